The van der Waals surface area contributed by atoms with Gasteiger partial charge in [0.2, 0.25) is 0 Å². The summed E-state index contributed by atoms with van der Waals surface area (Å²) >= 11 is 1.66. The number of thiophene rings is 1. The van der Waals surface area contributed by atoms with Gasteiger partial charge in [0.1, 0.15) is 10.7 Å². The average Bonchev–Trinajstić information content (AvgIpc) is 2.97. The number of nitrogens with one attached hydrogen (secondary N) is 1. The van der Waals surface area contributed by atoms with Gasteiger partial charge in [-0.1, -0.05) is 13.3 Å². The van der Waals surface area contributed by atoms with Crippen molar-refractivity contribution < 1.29 is 5.11 Å². The molecule has 1 unspecified atom stereocenters. The molecule has 1 aliphatic rings. The van der Waals surface area contributed by atoms with Crippen LogP contribution >= 0.6 is 11.3 Å². The number of H-pyrrole nitrogens is 1. The van der Waals surface area contributed by atoms with Crippen LogP contribution in [0.1, 0.15) is 42.5 Å². The Morgan fingerprint density at radius 2 is 2.27 bits per heavy atom. The molecule has 0 amide bonds. The van der Waals surface area contributed by atoms with Crippen LogP contribution in [0.15, 0.2) is 4.79 Å². The first kappa shape index (κ1) is 15.6. The summed E-state index contributed by atoms with van der Waals surface area (Å²) in [5, 5.41) is 10.7. The zero-order chi connectivity index (χ0) is 15.7. The molecule has 3 rings (SSSR count). The van der Waals surface area contributed by atoms with Gasteiger partial charge < -0.3 is 10.1 Å². The number of aromatic amines is 1. The lowest BCUT2D eigenvalue weighted by Gasteiger charge is -2.19. The second-order valence-corrected chi connectivity index (χ2v) is 7.27. The van der Waals surface area contributed by atoms with E-state index in [1.807, 2.05) is 11.9 Å². The molecular formula is C16H23N3O2S. The Bertz CT molecular complexity index is 722. The molecule has 5 nitrogen and oxygen atoms in total. The smallest absolute Gasteiger partial charge is 0.259 e. The summed E-state index contributed by atoms with van der Waals surface area (Å²) in [4.78, 5) is 24.1. The second-order valence-electron chi connectivity index (χ2n) is 6.19. The fourth-order valence-electron chi connectivity index (χ4n) is 3.23. The van der Waals surface area contributed by atoms with Gasteiger partial charge in [0.05, 0.1) is 18.0 Å². The first-order chi connectivity index (χ1) is 10.6. The number of hydrogen-bond donors (Lipinski definition) is 2. The number of hydrogen-bond acceptors (Lipinski definition) is 5. The van der Waals surface area contributed by atoms with Crippen molar-refractivity contribution in [3.8, 4) is 0 Å². The lowest BCUT2D eigenvalue weighted by Crippen LogP contribution is -2.30. The molecule has 2 heterocycles. The Balaban J connectivity index is 1.79. The highest BCUT2D eigenvalue weighted by molar-refractivity contribution is 7.18. The highest BCUT2D eigenvalue weighted by Gasteiger charge is 2.21. The van der Waals surface area contributed by atoms with Crippen LogP contribution in [-0.4, -0.2) is 39.7 Å². The van der Waals surface area contributed by atoms with Crippen LogP contribution in [0.2, 0.25) is 0 Å². The number of aromatic nitrogens is 2. The molecule has 0 bridgehead atoms. The highest BCUT2D eigenvalue weighted by atomic mass is 32.1. The van der Waals surface area contributed by atoms with E-state index in [2.05, 4.69) is 16.9 Å². The van der Waals surface area contributed by atoms with Crippen LogP contribution in [0.4, 0.5) is 0 Å². The minimum absolute atomic E-state index is 0.0121. The predicted molar refractivity (Wildman–Crippen MR) is 89.5 cm³/mol. The molecule has 0 aliphatic heterocycles. The molecule has 2 N–H and O–H groups in total. The van der Waals surface area contributed by atoms with Crippen molar-refractivity contribution in [2.45, 2.75) is 51.7 Å². The summed E-state index contributed by atoms with van der Waals surface area (Å²) in [6.07, 6.45) is 4.67. The van der Waals surface area contributed by atoms with Crippen molar-refractivity contribution in [2.75, 3.05) is 13.6 Å². The van der Waals surface area contributed by atoms with E-state index in [1.165, 1.54) is 10.4 Å². The maximum Gasteiger partial charge on any atom is 0.259 e. The maximum atomic E-state index is 12.4. The van der Waals surface area contributed by atoms with Gasteiger partial charge in [0, 0.05) is 11.4 Å². The fraction of sp³-hybridized carbons (Fsp3) is 0.625. The van der Waals surface area contributed by atoms with Crippen LogP contribution in [0.25, 0.3) is 10.2 Å². The molecule has 2 aromatic rings. The van der Waals surface area contributed by atoms with Gasteiger partial charge in [-0.15, -0.1) is 11.3 Å². The summed E-state index contributed by atoms with van der Waals surface area (Å²) in [6.45, 7) is 3.21. The summed E-state index contributed by atoms with van der Waals surface area (Å²) in [7, 11) is 1.94. The number of fused-ring (bicyclic) bond motifs is 3. The van der Waals surface area contributed by atoms with Gasteiger partial charge in [-0.2, -0.15) is 0 Å². The first-order valence-corrected chi connectivity index (χ1v) is 8.80. The van der Waals surface area contributed by atoms with Crippen LogP contribution in [0.5, 0.6) is 0 Å². The summed E-state index contributed by atoms with van der Waals surface area (Å²) in [5.41, 5.74) is 1.20. The minimum atomic E-state index is -0.323. The van der Waals surface area contributed by atoms with Crippen molar-refractivity contribution in [2.24, 2.45) is 0 Å². The van der Waals surface area contributed by atoms with Crippen LogP contribution < -0.4 is 5.56 Å². The van der Waals surface area contributed by atoms with E-state index in [9.17, 15) is 9.90 Å². The average molecular weight is 321 g/mol. The summed E-state index contributed by atoms with van der Waals surface area (Å²) < 4.78 is 0. The highest BCUT2D eigenvalue weighted by Crippen LogP contribution is 2.34. The third kappa shape index (κ3) is 3.09. The largest absolute Gasteiger partial charge is 0.392 e. The zero-order valence-electron chi connectivity index (χ0n) is 13.2. The van der Waals surface area contributed by atoms with Crippen molar-refractivity contribution >= 4 is 21.6 Å². The van der Waals surface area contributed by atoms with Crippen LogP contribution in [0, 0.1) is 0 Å². The Kier molecular flexibility index (Phi) is 4.61. The quantitative estimate of drug-likeness (QED) is 0.854. The molecule has 0 radical (unpaired) electrons. The third-order valence-corrected chi connectivity index (χ3v) is 5.37. The Hall–Kier alpha value is -1.24. The number of likely N-dealkylation sites (N-methyl/N-ethyl adjacent to an activating group) is 1. The zero-order valence-corrected chi connectivity index (χ0v) is 14.0. The fourth-order valence-corrected chi connectivity index (χ4v) is 4.51. The third-order valence-electron chi connectivity index (χ3n) is 4.19. The number of aliphatic hydroxyl groups excluding tert-OH is 1. The van der Waals surface area contributed by atoms with Crippen molar-refractivity contribution in [3.63, 3.8) is 0 Å². The summed E-state index contributed by atoms with van der Waals surface area (Å²) in [6, 6.07) is 0. The lowest BCUT2D eigenvalue weighted by molar-refractivity contribution is 0.113. The number of aliphatic hydroxyl groups is 1. The molecule has 0 saturated carbocycles. The van der Waals surface area contributed by atoms with Crippen LogP contribution in [-0.2, 0) is 19.4 Å². The summed E-state index contributed by atoms with van der Waals surface area (Å²) in [5.74, 6) is 0.684. The lowest BCUT2D eigenvalue weighted by atomic mass is 10.2. The van der Waals surface area contributed by atoms with E-state index in [-0.39, 0.29) is 11.7 Å². The molecular weight excluding hydrogens is 298 g/mol. The van der Waals surface area contributed by atoms with Crippen LogP contribution in [0.3, 0.4) is 0 Å². The first-order valence-electron chi connectivity index (χ1n) is 7.98. The molecule has 0 saturated heterocycles. The van der Waals surface area contributed by atoms with Gasteiger partial charge >= 0.3 is 0 Å². The molecule has 0 spiro atoms. The topological polar surface area (TPSA) is 69.2 Å². The van der Waals surface area contributed by atoms with Crippen molar-refractivity contribution in [1.29, 1.82) is 0 Å². The molecule has 6 heteroatoms. The number of aryl methyl sites for hydroxylation is 2. The van der Waals surface area contributed by atoms with E-state index in [0.717, 1.165) is 42.3 Å². The molecule has 1 atom stereocenters. The van der Waals surface area contributed by atoms with Gasteiger partial charge in [-0.25, -0.2) is 4.98 Å². The molecule has 120 valence electrons. The predicted octanol–water partition coefficient (Wildman–Crippen LogP) is 2.07. The van der Waals surface area contributed by atoms with E-state index in [4.69, 9.17) is 0 Å². The van der Waals surface area contributed by atoms with E-state index in [1.54, 1.807) is 11.3 Å². The Labute approximate surface area is 134 Å². The van der Waals surface area contributed by atoms with E-state index in [0.29, 0.717) is 18.9 Å². The second kappa shape index (κ2) is 6.48. The monoisotopic (exact) mass is 321 g/mol. The molecule has 2 aromatic heterocycles. The van der Waals surface area contributed by atoms with Gasteiger partial charge in [-0.05, 0) is 38.3 Å². The standard InChI is InChI=1S/C16H23N3O2S/c1-3-5-10(20)8-19(2)9-13-17-15(21)14-11-6-4-7-12(11)22-16(14)18-13/h10,20H,3-9H2,1-2H3,(H,17,18,21). The normalized spacial score (nSPS) is 15.6. The van der Waals surface area contributed by atoms with Gasteiger partial charge in [0.15, 0.2) is 0 Å². The SMILES string of the molecule is CCCC(O)CN(C)Cc1nc2sc3c(c2c(=O)[nH]1)CCC3. The molecule has 0 aromatic carbocycles. The van der Waals surface area contributed by atoms with Gasteiger partial charge in [-0.3, -0.25) is 9.69 Å². The van der Waals surface area contributed by atoms with E-state index < -0.39 is 0 Å². The number of nitrogens with zero attached hydrogens (tertiary/aromatic N) is 2. The molecule has 1 aliphatic carbocycles. The Morgan fingerprint density at radius 1 is 1.45 bits per heavy atom. The Morgan fingerprint density at radius 3 is 3.05 bits per heavy atom. The van der Waals surface area contributed by atoms with Crippen molar-refractivity contribution in [1.82, 2.24) is 14.9 Å². The van der Waals surface area contributed by atoms with E-state index >= 15 is 0 Å². The molecule has 22 heavy (non-hydrogen) atoms. The van der Waals surface area contributed by atoms with Crippen molar-refractivity contribution in [3.05, 3.63) is 26.6 Å². The number of rotatable bonds is 6. The minimum Gasteiger partial charge on any atom is -0.392 e. The molecule has 0 fully saturated rings. The van der Waals surface area contributed by atoms with Gasteiger partial charge in [0.25, 0.3) is 5.56 Å². The maximum absolute atomic E-state index is 12.4.